The van der Waals surface area contributed by atoms with Gasteiger partial charge in [0.1, 0.15) is 12.6 Å². The molecule has 1 aromatic rings. The number of cyclic esters (lactones) is 1. The van der Waals surface area contributed by atoms with Crippen molar-refractivity contribution in [1.82, 2.24) is 10.2 Å². The van der Waals surface area contributed by atoms with Gasteiger partial charge in [-0.3, -0.25) is 9.69 Å². The number of fused-ring (bicyclic) bond motifs is 2. The molecular weight excluding hydrogens is 292 g/mol. The third-order valence-corrected chi connectivity index (χ3v) is 4.38. The SMILES string of the molecule is CC(C)(C)NC(=O)[C@@H]1c2ccccc2C(=O)OC[C@@H]2CCCN21. The summed E-state index contributed by atoms with van der Waals surface area (Å²) in [6, 6.07) is 6.96. The van der Waals surface area contributed by atoms with Gasteiger partial charge >= 0.3 is 5.97 Å². The predicted molar refractivity (Wildman–Crippen MR) is 87.1 cm³/mol. The lowest BCUT2D eigenvalue weighted by molar-refractivity contribution is -0.129. The summed E-state index contributed by atoms with van der Waals surface area (Å²) in [5.74, 6) is -0.382. The van der Waals surface area contributed by atoms with E-state index in [0.29, 0.717) is 12.2 Å². The van der Waals surface area contributed by atoms with Gasteiger partial charge in [-0.2, -0.15) is 0 Å². The summed E-state index contributed by atoms with van der Waals surface area (Å²) in [5.41, 5.74) is 0.919. The fourth-order valence-corrected chi connectivity index (χ4v) is 3.46. The third-order valence-electron chi connectivity index (χ3n) is 4.38. The van der Waals surface area contributed by atoms with Crippen LogP contribution in [-0.4, -0.2) is 41.5 Å². The minimum Gasteiger partial charge on any atom is -0.460 e. The molecule has 3 rings (SSSR count). The van der Waals surface area contributed by atoms with E-state index in [0.717, 1.165) is 24.9 Å². The summed E-state index contributed by atoms with van der Waals surface area (Å²) in [7, 11) is 0. The highest BCUT2D eigenvalue weighted by Crippen LogP contribution is 2.34. The number of hydrogen-bond donors (Lipinski definition) is 1. The van der Waals surface area contributed by atoms with Crippen molar-refractivity contribution in [3.63, 3.8) is 0 Å². The number of amides is 1. The van der Waals surface area contributed by atoms with Gasteiger partial charge in [-0.05, 0) is 51.8 Å². The van der Waals surface area contributed by atoms with Gasteiger partial charge in [0.2, 0.25) is 5.91 Å². The first-order valence-corrected chi connectivity index (χ1v) is 8.20. The van der Waals surface area contributed by atoms with Gasteiger partial charge in [0, 0.05) is 11.6 Å². The van der Waals surface area contributed by atoms with E-state index in [2.05, 4.69) is 10.2 Å². The molecule has 0 radical (unpaired) electrons. The molecule has 2 aliphatic rings. The van der Waals surface area contributed by atoms with Gasteiger partial charge in [-0.15, -0.1) is 0 Å². The molecule has 5 heteroatoms. The van der Waals surface area contributed by atoms with Crippen LogP contribution < -0.4 is 5.32 Å². The molecule has 5 nitrogen and oxygen atoms in total. The first-order valence-electron chi connectivity index (χ1n) is 8.20. The number of hydrogen-bond acceptors (Lipinski definition) is 4. The highest BCUT2D eigenvalue weighted by atomic mass is 16.5. The van der Waals surface area contributed by atoms with Gasteiger partial charge in [0.05, 0.1) is 5.56 Å². The standard InChI is InChI=1S/C18H24N2O3/c1-18(2,3)19-16(21)15-13-8-4-5-9-14(13)17(22)23-11-12-7-6-10-20(12)15/h4-5,8-9,12,15H,6-7,10-11H2,1-3H3,(H,19,21)/t12-,15-/m0/s1. The minimum absolute atomic E-state index is 0.0495. The number of esters is 1. The molecule has 0 saturated carbocycles. The number of rotatable bonds is 1. The summed E-state index contributed by atoms with van der Waals surface area (Å²) < 4.78 is 5.44. The second kappa shape index (κ2) is 5.96. The number of carbonyl (C=O) groups excluding carboxylic acids is 2. The van der Waals surface area contributed by atoms with E-state index in [4.69, 9.17) is 4.74 Å². The topological polar surface area (TPSA) is 58.6 Å². The van der Waals surface area contributed by atoms with Crippen LogP contribution in [0.4, 0.5) is 0 Å². The van der Waals surface area contributed by atoms with E-state index < -0.39 is 6.04 Å². The van der Waals surface area contributed by atoms with E-state index >= 15 is 0 Å². The molecule has 1 fully saturated rings. The van der Waals surface area contributed by atoms with Gasteiger partial charge in [0.15, 0.2) is 0 Å². The number of carbonyl (C=O) groups is 2. The van der Waals surface area contributed by atoms with Crippen LogP contribution in [0.25, 0.3) is 0 Å². The first-order chi connectivity index (χ1) is 10.9. The van der Waals surface area contributed by atoms with Crippen molar-refractivity contribution in [2.45, 2.75) is 51.2 Å². The average Bonchev–Trinajstić information content (AvgIpc) is 2.90. The minimum atomic E-state index is -0.439. The van der Waals surface area contributed by atoms with Crippen LogP contribution >= 0.6 is 0 Å². The zero-order valence-electron chi connectivity index (χ0n) is 14.0. The highest BCUT2D eigenvalue weighted by Gasteiger charge is 2.40. The molecule has 2 heterocycles. The Morgan fingerprint density at radius 1 is 1.30 bits per heavy atom. The summed E-state index contributed by atoms with van der Waals surface area (Å²) in [4.78, 5) is 27.5. The second-order valence-corrected chi connectivity index (χ2v) is 7.36. The summed E-state index contributed by atoms with van der Waals surface area (Å²) in [5, 5.41) is 3.07. The van der Waals surface area contributed by atoms with Crippen molar-refractivity contribution in [2.75, 3.05) is 13.2 Å². The number of nitrogens with zero attached hydrogens (tertiary/aromatic N) is 1. The van der Waals surface area contributed by atoms with E-state index in [1.54, 1.807) is 6.07 Å². The molecule has 0 spiro atoms. The highest BCUT2D eigenvalue weighted by molar-refractivity contribution is 5.95. The smallest absolute Gasteiger partial charge is 0.338 e. The van der Waals surface area contributed by atoms with E-state index in [1.807, 2.05) is 39.0 Å². The molecule has 0 aromatic heterocycles. The van der Waals surface area contributed by atoms with Crippen LogP contribution in [-0.2, 0) is 9.53 Å². The van der Waals surface area contributed by atoms with Crippen LogP contribution in [0.2, 0.25) is 0 Å². The van der Waals surface area contributed by atoms with Gasteiger partial charge in [0.25, 0.3) is 0 Å². The lowest BCUT2D eigenvalue weighted by atomic mass is 9.95. The van der Waals surface area contributed by atoms with Crippen molar-refractivity contribution < 1.29 is 14.3 Å². The average molecular weight is 316 g/mol. The number of nitrogens with one attached hydrogen (secondary N) is 1. The molecule has 2 atom stereocenters. The Kier molecular flexibility index (Phi) is 4.15. The van der Waals surface area contributed by atoms with Gasteiger partial charge < -0.3 is 10.1 Å². The van der Waals surface area contributed by atoms with Crippen molar-refractivity contribution in [1.29, 1.82) is 0 Å². The predicted octanol–water partition coefficient (Wildman–Crippen LogP) is 2.28. The third kappa shape index (κ3) is 3.24. The Morgan fingerprint density at radius 2 is 2.04 bits per heavy atom. The molecule has 0 unspecified atom stereocenters. The molecule has 1 N–H and O–H groups in total. The van der Waals surface area contributed by atoms with Crippen LogP contribution in [0.5, 0.6) is 0 Å². The Hall–Kier alpha value is -1.88. The first kappa shape index (κ1) is 16.0. The molecule has 1 aromatic carbocycles. The van der Waals surface area contributed by atoms with Gasteiger partial charge in [-0.1, -0.05) is 18.2 Å². The van der Waals surface area contributed by atoms with E-state index in [1.165, 1.54) is 0 Å². The fourth-order valence-electron chi connectivity index (χ4n) is 3.46. The van der Waals surface area contributed by atoms with Gasteiger partial charge in [-0.25, -0.2) is 4.79 Å². The molecule has 1 amide bonds. The summed E-state index contributed by atoms with van der Waals surface area (Å²) >= 11 is 0. The molecule has 23 heavy (non-hydrogen) atoms. The van der Waals surface area contributed by atoms with Crippen molar-refractivity contribution in [3.05, 3.63) is 35.4 Å². The van der Waals surface area contributed by atoms with Crippen molar-refractivity contribution in [3.8, 4) is 0 Å². The van der Waals surface area contributed by atoms with Crippen LogP contribution in [0.15, 0.2) is 24.3 Å². The lowest BCUT2D eigenvalue weighted by Gasteiger charge is -2.36. The van der Waals surface area contributed by atoms with E-state index in [-0.39, 0.29) is 23.5 Å². The monoisotopic (exact) mass is 316 g/mol. The van der Waals surface area contributed by atoms with Crippen molar-refractivity contribution in [2.24, 2.45) is 0 Å². The zero-order chi connectivity index (χ0) is 16.6. The normalized spacial score (nSPS) is 24.9. The number of benzene rings is 1. The fraction of sp³-hybridized carbons (Fsp3) is 0.556. The molecule has 124 valence electrons. The maximum atomic E-state index is 13.0. The quantitative estimate of drug-likeness (QED) is 0.808. The molecule has 2 aliphatic heterocycles. The maximum absolute atomic E-state index is 13.0. The Labute approximate surface area is 137 Å². The van der Waals surface area contributed by atoms with Crippen molar-refractivity contribution >= 4 is 11.9 Å². The van der Waals surface area contributed by atoms with Crippen LogP contribution in [0, 0.1) is 0 Å². The van der Waals surface area contributed by atoms with Crippen LogP contribution in [0.3, 0.4) is 0 Å². The molecular formula is C18H24N2O3. The molecule has 1 saturated heterocycles. The number of ether oxygens (including phenoxy) is 1. The molecule has 0 bridgehead atoms. The Morgan fingerprint density at radius 3 is 2.78 bits per heavy atom. The Balaban J connectivity index is 2.05. The largest absolute Gasteiger partial charge is 0.460 e. The van der Waals surface area contributed by atoms with Crippen LogP contribution in [0.1, 0.15) is 55.6 Å². The zero-order valence-corrected chi connectivity index (χ0v) is 14.0. The maximum Gasteiger partial charge on any atom is 0.338 e. The lowest BCUT2D eigenvalue weighted by Crippen LogP contribution is -2.50. The molecule has 0 aliphatic carbocycles. The Bertz CT molecular complexity index is 621. The summed E-state index contributed by atoms with van der Waals surface area (Å²) in [6.07, 6.45) is 1.97. The van der Waals surface area contributed by atoms with E-state index in [9.17, 15) is 9.59 Å². The second-order valence-electron chi connectivity index (χ2n) is 7.36. The summed E-state index contributed by atoms with van der Waals surface area (Å²) in [6.45, 7) is 7.10.